The summed E-state index contributed by atoms with van der Waals surface area (Å²) in [6.07, 6.45) is -0.606. The molecule has 0 aliphatic carbocycles. The maximum Gasteiger partial charge on any atom is 0.114 e. The van der Waals surface area contributed by atoms with E-state index >= 15 is 0 Å². The number of hydrogen-bond acceptors (Lipinski definition) is 3. The van der Waals surface area contributed by atoms with Crippen molar-refractivity contribution in [3.8, 4) is 0 Å². The van der Waals surface area contributed by atoms with E-state index in [1.165, 1.54) is 20.8 Å². The Hall–Kier alpha value is -0.120. The van der Waals surface area contributed by atoms with Gasteiger partial charge in [0.05, 0.1) is 6.61 Å². The lowest BCUT2D eigenvalue weighted by molar-refractivity contribution is 0.0448. The van der Waals surface area contributed by atoms with Crippen LogP contribution in [-0.4, -0.2) is 32.0 Å². The van der Waals surface area contributed by atoms with Crippen LogP contribution in [0.15, 0.2) is 0 Å². The summed E-state index contributed by atoms with van der Waals surface area (Å²) >= 11 is 0. The molecular weight excluding hydrogens is 108 g/mol. The van der Waals surface area contributed by atoms with Gasteiger partial charge in [0, 0.05) is 14.2 Å². The van der Waals surface area contributed by atoms with Gasteiger partial charge in [0.25, 0.3) is 0 Å². The highest BCUT2D eigenvalue weighted by atomic mass is 16.5. The molecule has 0 aromatic heterocycles. The summed E-state index contributed by atoms with van der Waals surface area (Å²) in [6, 6.07) is 0. The van der Waals surface area contributed by atoms with E-state index in [0.717, 1.165) is 0 Å². The number of aliphatic hydroxyl groups excluding tert-OH is 1. The van der Waals surface area contributed by atoms with E-state index in [0.29, 0.717) is 0 Å². The van der Waals surface area contributed by atoms with E-state index < -0.39 is 6.10 Å². The van der Waals surface area contributed by atoms with Gasteiger partial charge in [-0.2, -0.15) is 0 Å². The molecule has 1 N–H and O–H groups in total. The number of ether oxygens (including phenoxy) is 2. The molecule has 0 fully saturated rings. The Morgan fingerprint density at radius 1 is 1.62 bits per heavy atom. The first-order valence-electron chi connectivity index (χ1n) is 2.34. The molecule has 0 amide bonds. The predicted molar refractivity (Wildman–Crippen MR) is 29.2 cm³/mol. The van der Waals surface area contributed by atoms with E-state index in [1.807, 2.05) is 0 Å². The minimum atomic E-state index is -0.606. The zero-order valence-corrected chi connectivity index (χ0v) is 5.13. The van der Waals surface area contributed by atoms with Crippen LogP contribution >= 0.6 is 0 Å². The number of rotatable bonds is 4. The van der Waals surface area contributed by atoms with Crippen molar-refractivity contribution in [2.24, 2.45) is 0 Å². The summed E-state index contributed by atoms with van der Waals surface area (Å²) in [5.41, 5.74) is 0. The lowest BCUT2D eigenvalue weighted by Crippen LogP contribution is -2.14. The third-order valence-electron chi connectivity index (χ3n) is 0.631. The van der Waals surface area contributed by atoms with Gasteiger partial charge in [0.15, 0.2) is 0 Å². The molecule has 8 heavy (non-hydrogen) atoms. The van der Waals surface area contributed by atoms with Crippen molar-refractivity contribution >= 4 is 0 Å². The molecule has 0 aromatic carbocycles. The highest BCUT2D eigenvalue weighted by Gasteiger charge is 2.00. The fourth-order valence-corrected chi connectivity index (χ4v) is 0.367. The standard InChI is InChI=1S/C5H11O3/c1-7-3-5(6)4-8-2/h3,5-6H,4H2,1-2H3. The van der Waals surface area contributed by atoms with Gasteiger partial charge in [-0.05, 0) is 0 Å². The molecule has 1 radical (unpaired) electrons. The molecule has 0 rings (SSSR count). The van der Waals surface area contributed by atoms with Gasteiger partial charge in [-0.15, -0.1) is 0 Å². The quantitative estimate of drug-likeness (QED) is 0.557. The maximum absolute atomic E-state index is 8.74. The Balaban J connectivity index is 2.92. The summed E-state index contributed by atoms with van der Waals surface area (Å²) in [4.78, 5) is 0. The Kier molecular flexibility index (Phi) is 4.95. The lowest BCUT2D eigenvalue weighted by atomic mass is 10.4. The third kappa shape index (κ3) is 4.05. The van der Waals surface area contributed by atoms with Crippen LogP contribution in [0.3, 0.4) is 0 Å². The minimum absolute atomic E-state index is 0.286. The van der Waals surface area contributed by atoms with Gasteiger partial charge in [0.1, 0.15) is 12.7 Å². The van der Waals surface area contributed by atoms with Gasteiger partial charge in [-0.1, -0.05) is 0 Å². The molecule has 1 unspecified atom stereocenters. The van der Waals surface area contributed by atoms with E-state index in [9.17, 15) is 0 Å². The molecule has 1 atom stereocenters. The lowest BCUT2D eigenvalue weighted by Gasteiger charge is -2.04. The molecule has 0 saturated carbocycles. The van der Waals surface area contributed by atoms with E-state index in [4.69, 9.17) is 5.11 Å². The van der Waals surface area contributed by atoms with Crippen LogP contribution in [0, 0.1) is 6.61 Å². The highest BCUT2D eigenvalue weighted by Crippen LogP contribution is 1.88. The molecule has 0 spiro atoms. The van der Waals surface area contributed by atoms with Gasteiger partial charge in [-0.3, -0.25) is 0 Å². The number of methoxy groups -OCH3 is 2. The van der Waals surface area contributed by atoms with Gasteiger partial charge >= 0.3 is 0 Å². The number of aliphatic hydroxyl groups is 1. The van der Waals surface area contributed by atoms with Crippen molar-refractivity contribution in [1.29, 1.82) is 0 Å². The molecular formula is C5H11O3. The third-order valence-corrected chi connectivity index (χ3v) is 0.631. The van der Waals surface area contributed by atoms with Gasteiger partial charge in [-0.25, -0.2) is 0 Å². The van der Waals surface area contributed by atoms with Gasteiger partial charge < -0.3 is 14.6 Å². The van der Waals surface area contributed by atoms with Crippen LogP contribution in [0.2, 0.25) is 0 Å². The van der Waals surface area contributed by atoms with Crippen LogP contribution in [0.25, 0.3) is 0 Å². The molecule has 0 heterocycles. The molecule has 3 nitrogen and oxygen atoms in total. The first-order valence-corrected chi connectivity index (χ1v) is 2.34. The second kappa shape index (κ2) is 5.03. The van der Waals surface area contributed by atoms with E-state index in [-0.39, 0.29) is 6.61 Å². The van der Waals surface area contributed by atoms with Crippen molar-refractivity contribution in [2.75, 3.05) is 20.8 Å². The van der Waals surface area contributed by atoms with Crippen LogP contribution < -0.4 is 0 Å². The van der Waals surface area contributed by atoms with Crippen molar-refractivity contribution in [3.05, 3.63) is 6.61 Å². The van der Waals surface area contributed by atoms with Crippen molar-refractivity contribution < 1.29 is 14.6 Å². The van der Waals surface area contributed by atoms with E-state index in [2.05, 4.69) is 9.47 Å². The summed E-state index contributed by atoms with van der Waals surface area (Å²) in [7, 11) is 3.01. The fraction of sp³-hybridized carbons (Fsp3) is 0.800. The molecule has 3 heteroatoms. The van der Waals surface area contributed by atoms with E-state index in [1.54, 1.807) is 0 Å². The molecule has 49 valence electrons. The average molecular weight is 119 g/mol. The molecule has 0 aromatic rings. The maximum atomic E-state index is 8.74. The first kappa shape index (κ1) is 7.88. The predicted octanol–water partition coefficient (Wildman–Crippen LogP) is -0.198. The van der Waals surface area contributed by atoms with Crippen molar-refractivity contribution in [2.45, 2.75) is 6.10 Å². The highest BCUT2D eigenvalue weighted by molar-refractivity contribution is 4.62. The molecule has 0 bridgehead atoms. The van der Waals surface area contributed by atoms with Crippen LogP contribution in [0.4, 0.5) is 0 Å². The SMILES string of the molecule is CO[CH]C(O)COC. The summed E-state index contributed by atoms with van der Waals surface area (Å²) < 4.78 is 9.10. The van der Waals surface area contributed by atoms with Gasteiger partial charge in [0.2, 0.25) is 0 Å². The fourth-order valence-electron chi connectivity index (χ4n) is 0.367. The van der Waals surface area contributed by atoms with Crippen LogP contribution in [0.1, 0.15) is 0 Å². The normalized spacial score (nSPS) is 10.5. The Bertz CT molecular complexity index is 40.9. The molecule has 0 saturated heterocycles. The topological polar surface area (TPSA) is 38.7 Å². The van der Waals surface area contributed by atoms with Crippen molar-refractivity contribution in [1.82, 2.24) is 0 Å². The zero-order valence-electron chi connectivity index (χ0n) is 5.13. The largest absolute Gasteiger partial charge is 0.388 e. The minimum Gasteiger partial charge on any atom is -0.388 e. The first-order chi connectivity index (χ1) is 3.81. The van der Waals surface area contributed by atoms with Crippen LogP contribution in [-0.2, 0) is 9.47 Å². The Morgan fingerprint density at radius 3 is 2.62 bits per heavy atom. The Labute approximate surface area is 49.2 Å². The van der Waals surface area contributed by atoms with Crippen LogP contribution in [0.5, 0.6) is 0 Å². The number of hydrogen-bond donors (Lipinski definition) is 1. The monoisotopic (exact) mass is 119 g/mol. The van der Waals surface area contributed by atoms with Crippen molar-refractivity contribution in [3.63, 3.8) is 0 Å². The Morgan fingerprint density at radius 2 is 2.25 bits per heavy atom. The molecule has 0 aliphatic rings. The second-order valence-corrected chi connectivity index (χ2v) is 1.39. The summed E-state index contributed by atoms with van der Waals surface area (Å²) in [6.45, 7) is 1.59. The second-order valence-electron chi connectivity index (χ2n) is 1.39. The summed E-state index contributed by atoms with van der Waals surface area (Å²) in [5.74, 6) is 0. The molecule has 0 aliphatic heterocycles. The smallest absolute Gasteiger partial charge is 0.114 e. The summed E-state index contributed by atoms with van der Waals surface area (Å²) in [5, 5.41) is 8.74. The average Bonchev–Trinajstić information content (AvgIpc) is 1.68. The zero-order chi connectivity index (χ0) is 6.41.